The summed E-state index contributed by atoms with van der Waals surface area (Å²) in [5.41, 5.74) is 1.31. The number of alkyl halides is 1. The summed E-state index contributed by atoms with van der Waals surface area (Å²) in [5, 5.41) is 0. The largest absolute Gasteiger partial charge is 0.519 e. The van der Waals surface area contributed by atoms with Gasteiger partial charge in [0, 0.05) is 5.56 Å². The van der Waals surface area contributed by atoms with E-state index in [1.165, 1.54) is 0 Å². The molecule has 3 nitrogen and oxygen atoms in total. The van der Waals surface area contributed by atoms with Crippen molar-refractivity contribution in [3.63, 3.8) is 0 Å². The van der Waals surface area contributed by atoms with Crippen LogP contribution in [0, 0.1) is 0 Å². The van der Waals surface area contributed by atoms with Crippen LogP contribution in [-0.4, -0.2) is 26.3 Å². The number of hydrogen-bond acceptors (Lipinski definition) is 3. The number of rotatable bonds is 4. The summed E-state index contributed by atoms with van der Waals surface area (Å²) in [4.78, 5) is 0. The minimum atomic E-state index is -2.78. The molecule has 0 radical (unpaired) electrons. The highest BCUT2D eigenvalue weighted by Gasteiger charge is 2.37. The zero-order valence-corrected chi connectivity index (χ0v) is 15.1. The zero-order valence-electron chi connectivity index (χ0n) is 10.1. The summed E-state index contributed by atoms with van der Waals surface area (Å²) in [5.74, 6) is 1.43. The van der Waals surface area contributed by atoms with E-state index in [0.29, 0.717) is 17.9 Å². The Morgan fingerprint density at radius 1 is 1.37 bits per heavy atom. The van der Waals surface area contributed by atoms with Gasteiger partial charge < -0.3 is 13.6 Å². The molecule has 0 bridgehead atoms. The van der Waals surface area contributed by atoms with E-state index in [-0.39, 0.29) is 6.23 Å². The van der Waals surface area contributed by atoms with Crippen molar-refractivity contribution in [2.75, 3.05) is 11.7 Å². The molecule has 0 amide bonds. The smallest absolute Gasteiger partial charge is 0.411 e. The fourth-order valence-electron chi connectivity index (χ4n) is 1.58. The Morgan fingerprint density at radius 3 is 2.74 bits per heavy atom. The minimum Gasteiger partial charge on any atom is -0.519 e. The van der Waals surface area contributed by atoms with Crippen molar-refractivity contribution in [2.45, 2.75) is 13.2 Å². The molecular weight excluding hydrogens is 366 g/mol. The SMILES string of the molecule is C[Si]1(CCl)OCc2cc(OC[Si](Cl)(Cl)Cl)ccc2O1. The molecule has 9 heteroatoms. The summed E-state index contributed by atoms with van der Waals surface area (Å²) in [6, 6.07) is 2.68. The lowest BCUT2D eigenvalue weighted by Crippen LogP contribution is -2.47. The van der Waals surface area contributed by atoms with Gasteiger partial charge in [0.1, 0.15) is 17.7 Å². The molecule has 0 saturated heterocycles. The first-order chi connectivity index (χ1) is 8.81. The molecule has 1 aromatic rings. The van der Waals surface area contributed by atoms with Gasteiger partial charge >= 0.3 is 14.6 Å². The summed E-state index contributed by atoms with van der Waals surface area (Å²) < 4.78 is 17.0. The Bertz CT molecular complexity index is 469. The quantitative estimate of drug-likeness (QED) is 0.450. The van der Waals surface area contributed by atoms with E-state index in [2.05, 4.69) is 0 Å². The third kappa shape index (κ3) is 4.42. The van der Waals surface area contributed by atoms with Crippen molar-refractivity contribution in [3.05, 3.63) is 23.8 Å². The molecule has 106 valence electrons. The molecule has 19 heavy (non-hydrogen) atoms. The Balaban J connectivity index is 2.09. The van der Waals surface area contributed by atoms with Gasteiger partial charge in [-0.2, -0.15) is 0 Å². The Labute approximate surface area is 133 Å². The summed E-state index contributed by atoms with van der Waals surface area (Å²) in [6.07, 6.45) is 0.117. The van der Waals surface area contributed by atoms with Crippen LogP contribution >= 0.6 is 44.8 Å². The van der Waals surface area contributed by atoms with Crippen molar-refractivity contribution in [3.8, 4) is 11.5 Å². The van der Waals surface area contributed by atoms with Crippen LogP contribution in [0.25, 0.3) is 0 Å². The van der Waals surface area contributed by atoms with Crippen LogP contribution in [-0.2, 0) is 11.0 Å². The second-order valence-corrected chi connectivity index (χ2v) is 17.2. The molecule has 0 fully saturated rings. The topological polar surface area (TPSA) is 27.7 Å². The van der Waals surface area contributed by atoms with Crippen LogP contribution in [0.5, 0.6) is 11.5 Å². The van der Waals surface area contributed by atoms with Crippen LogP contribution in [0.15, 0.2) is 18.2 Å². The highest BCUT2D eigenvalue weighted by Crippen LogP contribution is 2.33. The molecule has 1 atom stereocenters. The minimum absolute atomic E-state index is 0.117. The highest BCUT2D eigenvalue weighted by molar-refractivity contribution is 7.64. The van der Waals surface area contributed by atoms with E-state index in [1.807, 2.05) is 18.7 Å². The Morgan fingerprint density at radius 2 is 2.11 bits per heavy atom. The lowest BCUT2D eigenvalue weighted by atomic mass is 10.2. The maximum Gasteiger partial charge on any atom is 0.411 e. The van der Waals surface area contributed by atoms with E-state index >= 15 is 0 Å². The predicted octanol–water partition coefficient (Wildman–Crippen LogP) is 4.02. The average Bonchev–Trinajstić information content (AvgIpc) is 2.35. The van der Waals surface area contributed by atoms with Gasteiger partial charge in [-0.15, -0.1) is 44.8 Å². The standard InChI is InChI=1S/C10H12Cl4O3Si2/c1-18(6-11)16-5-8-4-9(2-3-10(8)17-18)15-7-19(12,13)14/h2-4H,5-7H2,1H3. The molecule has 1 aliphatic rings. The van der Waals surface area contributed by atoms with E-state index in [9.17, 15) is 0 Å². The van der Waals surface area contributed by atoms with Gasteiger partial charge in [-0.3, -0.25) is 0 Å². The molecule has 0 aromatic heterocycles. The molecule has 0 spiro atoms. The molecule has 1 aliphatic heterocycles. The normalized spacial score (nSPS) is 22.6. The molecule has 1 aromatic carbocycles. The second-order valence-electron chi connectivity index (χ2n) is 4.33. The van der Waals surface area contributed by atoms with Crippen LogP contribution < -0.4 is 9.16 Å². The van der Waals surface area contributed by atoms with Crippen molar-refractivity contribution < 1.29 is 13.6 Å². The fourth-order valence-corrected chi connectivity index (χ4v) is 4.11. The molecule has 0 aliphatic carbocycles. The van der Waals surface area contributed by atoms with Gasteiger partial charge in [0.25, 0.3) is 0 Å². The number of halogens is 4. The van der Waals surface area contributed by atoms with Gasteiger partial charge in [-0.25, -0.2) is 0 Å². The van der Waals surface area contributed by atoms with E-state index in [4.69, 9.17) is 58.4 Å². The van der Waals surface area contributed by atoms with Gasteiger partial charge in [0.05, 0.1) is 12.1 Å². The molecule has 1 heterocycles. The van der Waals surface area contributed by atoms with Gasteiger partial charge in [-0.1, -0.05) is 0 Å². The monoisotopic (exact) mass is 376 g/mol. The molecular formula is C10H12Cl4O3Si2. The first kappa shape index (κ1) is 15.8. The van der Waals surface area contributed by atoms with Crippen molar-refractivity contribution >= 4 is 59.4 Å². The second kappa shape index (κ2) is 6.01. The number of ether oxygens (including phenoxy) is 1. The molecule has 2 rings (SSSR count). The maximum absolute atomic E-state index is 5.87. The third-order valence-corrected chi connectivity index (χ3v) is 7.34. The summed E-state index contributed by atoms with van der Waals surface area (Å²) in [7, 11) is -2.26. The van der Waals surface area contributed by atoms with E-state index in [0.717, 1.165) is 11.3 Å². The Kier molecular flexibility index (Phi) is 4.99. The lowest BCUT2D eigenvalue weighted by molar-refractivity contribution is 0.209. The number of benzene rings is 1. The van der Waals surface area contributed by atoms with Gasteiger partial charge in [0.15, 0.2) is 0 Å². The first-order valence-corrected chi connectivity index (χ1v) is 13.8. The maximum atomic E-state index is 5.87. The van der Waals surface area contributed by atoms with Crippen molar-refractivity contribution in [2.24, 2.45) is 0 Å². The van der Waals surface area contributed by atoms with Gasteiger partial charge in [0.2, 0.25) is 0 Å². The molecule has 1 unspecified atom stereocenters. The third-order valence-electron chi connectivity index (χ3n) is 2.54. The average molecular weight is 378 g/mol. The number of hydrogen-bond donors (Lipinski definition) is 0. The zero-order chi connectivity index (χ0) is 14.1. The molecule has 0 N–H and O–H groups in total. The van der Waals surface area contributed by atoms with Crippen molar-refractivity contribution in [1.29, 1.82) is 0 Å². The van der Waals surface area contributed by atoms with Crippen LogP contribution in [0.4, 0.5) is 0 Å². The fraction of sp³-hybridized carbons (Fsp3) is 0.400. The van der Waals surface area contributed by atoms with Crippen LogP contribution in [0.3, 0.4) is 0 Å². The molecule has 0 saturated carbocycles. The summed E-state index contributed by atoms with van der Waals surface area (Å²) >= 11 is 23.2. The van der Waals surface area contributed by atoms with Gasteiger partial charge in [-0.05, 0) is 24.7 Å². The number of fused-ring (bicyclic) bond motifs is 1. The van der Waals surface area contributed by atoms with E-state index < -0.39 is 14.6 Å². The summed E-state index contributed by atoms with van der Waals surface area (Å²) in [6.45, 7) is 2.40. The lowest BCUT2D eigenvalue weighted by Gasteiger charge is -2.32. The van der Waals surface area contributed by atoms with Crippen LogP contribution in [0.2, 0.25) is 6.55 Å². The predicted molar refractivity (Wildman–Crippen MR) is 83.0 cm³/mol. The van der Waals surface area contributed by atoms with E-state index in [1.54, 1.807) is 6.07 Å². The Hall–Kier alpha value is 0.374. The van der Waals surface area contributed by atoms with Crippen molar-refractivity contribution in [1.82, 2.24) is 0 Å². The van der Waals surface area contributed by atoms with Crippen LogP contribution in [0.1, 0.15) is 5.56 Å². The first-order valence-electron chi connectivity index (χ1n) is 5.53. The highest BCUT2D eigenvalue weighted by atomic mass is 35.8.